The molecule has 0 unspecified atom stereocenters. The van der Waals surface area contributed by atoms with Gasteiger partial charge in [0.1, 0.15) is 0 Å². The minimum Gasteiger partial charge on any atom is -0.741 e. The monoisotopic (exact) mass is 982 g/mol. The molecule has 0 heterocycles. The minimum absolute atomic E-state index is 0. The molecule has 8 aromatic rings. The van der Waals surface area contributed by atoms with E-state index in [-0.39, 0.29) is 19.5 Å². The van der Waals surface area contributed by atoms with Crippen LogP contribution >= 0.6 is 15.8 Å². The van der Waals surface area contributed by atoms with Crippen molar-refractivity contribution in [3.8, 4) is 11.1 Å². The normalized spacial score (nSPS) is 13.7. The molecule has 1 aliphatic carbocycles. The van der Waals surface area contributed by atoms with Crippen LogP contribution < -0.4 is 31.8 Å². The maximum absolute atomic E-state index is 10.7. The molecule has 321 valence electrons. The molecular formula is C53H44F3O3P2RhS-. The summed E-state index contributed by atoms with van der Waals surface area (Å²) >= 11 is 0. The number of rotatable bonds is 7. The number of hydrogen-bond donors (Lipinski definition) is 0. The zero-order valence-corrected chi connectivity index (χ0v) is 38.4. The van der Waals surface area contributed by atoms with Gasteiger partial charge in [-0.1, -0.05) is 212 Å². The van der Waals surface area contributed by atoms with Gasteiger partial charge >= 0.3 is 5.51 Å². The van der Waals surface area contributed by atoms with Crippen LogP contribution in [0.15, 0.2) is 218 Å². The molecule has 10 heteroatoms. The maximum atomic E-state index is 10.7. The van der Waals surface area contributed by atoms with Crippen molar-refractivity contribution in [2.24, 2.45) is 0 Å². The van der Waals surface area contributed by atoms with E-state index < -0.39 is 31.5 Å². The summed E-state index contributed by atoms with van der Waals surface area (Å²) in [5, 5.41) is 13.3. The first-order valence-corrected chi connectivity index (χ1v) is 24.4. The van der Waals surface area contributed by atoms with Gasteiger partial charge < -0.3 is 4.55 Å². The first kappa shape index (κ1) is 47.4. The van der Waals surface area contributed by atoms with Crippen LogP contribution in [0.5, 0.6) is 0 Å². The van der Waals surface area contributed by atoms with Gasteiger partial charge in [-0.25, -0.2) is 8.42 Å². The SMILES string of the molecule is C1=C\CC/C=C\CC/1.O=S(=O)([O-])C(F)(F)F.[Rh].c1ccc(P(c2ccccc2)c2ccc3cccc(-c4c(P(c5ccccc5)c5ccccc5)ccc5ccccc45)c3c2)cc1. The summed E-state index contributed by atoms with van der Waals surface area (Å²) in [5.74, 6) is 0. The van der Waals surface area contributed by atoms with Crippen molar-refractivity contribution < 1.29 is 45.6 Å². The Kier molecular flexibility index (Phi) is 17.0. The van der Waals surface area contributed by atoms with Gasteiger partial charge in [0, 0.05) is 19.5 Å². The van der Waals surface area contributed by atoms with Gasteiger partial charge in [-0.15, -0.1) is 0 Å². The first-order chi connectivity index (χ1) is 30.1. The van der Waals surface area contributed by atoms with E-state index >= 15 is 0 Å². The molecule has 0 aromatic heterocycles. The van der Waals surface area contributed by atoms with E-state index in [4.69, 9.17) is 13.0 Å². The number of halogens is 3. The molecule has 0 bridgehead atoms. The molecule has 1 aliphatic rings. The predicted octanol–water partition coefficient (Wildman–Crippen LogP) is 11.9. The predicted molar refractivity (Wildman–Crippen MR) is 257 cm³/mol. The maximum Gasteiger partial charge on any atom is 0.485 e. The van der Waals surface area contributed by atoms with Gasteiger partial charge in [-0.3, -0.25) is 0 Å². The fraction of sp³-hybridized carbons (Fsp3) is 0.0943. The number of hydrogen-bond acceptors (Lipinski definition) is 3. The Bertz CT molecular complexity index is 2770. The molecule has 0 saturated carbocycles. The number of allylic oxidation sites excluding steroid dienone is 4. The van der Waals surface area contributed by atoms with Crippen LogP contribution in [0.4, 0.5) is 13.2 Å². The van der Waals surface area contributed by atoms with Gasteiger partial charge in [0.05, 0.1) is 0 Å². The molecule has 0 atom stereocenters. The number of alkyl halides is 3. The molecule has 0 saturated heterocycles. The molecule has 8 aromatic carbocycles. The summed E-state index contributed by atoms with van der Waals surface area (Å²) < 4.78 is 58.9. The van der Waals surface area contributed by atoms with Crippen molar-refractivity contribution in [2.45, 2.75) is 31.2 Å². The fourth-order valence-electron chi connectivity index (χ4n) is 7.39. The van der Waals surface area contributed by atoms with Crippen molar-refractivity contribution >= 4 is 79.3 Å². The third-order valence-electron chi connectivity index (χ3n) is 10.2. The third kappa shape index (κ3) is 12.2. The zero-order valence-electron chi connectivity index (χ0n) is 34.1. The molecule has 0 amide bonds. The summed E-state index contributed by atoms with van der Waals surface area (Å²) in [6.07, 6.45) is 14.0. The third-order valence-corrected chi connectivity index (χ3v) is 15.7. The Hall–Kier alpha value is -5.06. The van der Waals surface area contributed by atoms with Crippen LogP contribution in [-0.4, -0.2) is 18.5 Å². The molecule has 9 rings (SSSR count). The van der Waals surface area contributed by atoms with Crippen molar-refractivity contribution in [2.75, 3.05) is 0 Å². The minimum atomic E-state index is -6.09. The molecule has 63 heavy (non-hydrogen) atoms. The van der Waals surface area contributed by atoms with Gasteiger partial charge in [-0.05, 0) is 112 Å². The summed E-state index contributed by atoms with van der Waals surface area (Å²) in [6, 6.07) is 71.7. The van der Waals surface area contributed by atoms with Crippen LogP contribution in [0, 0.1) is 0 Å². The molecule has 3 nitrogen and oxygen atoms in total. The van der Waals surface area contributed by atoms with E-state index in [0.29, 0.717) is 0 Å². The van der Waals surface area contributed by atoms with E-state index in [2.05, 4.69) is 218 Å². The van der Waals surface area contributed by atoms with E-state index in [1.807, 2.05) is 0 Å². The standard InChI is InChI=1S/C44H32P2.C8H12.CHF3O3S.Rh/c1-5-18-35(19-6-1)45(36-20-7-2-8-21-36)39-30-28-34-17-15-27-41(42(34)32-39)44-40-26-14-13-16-33(40)29-31-43(44)46(37-22-9-3-10-23-37)38-24-11-4-12-25-38;1-2-4-6-8-7-5-3-1;2-1(3,4)8(5,6)7;/h1-32H;1-2,7-8H,3-6H2;(H,5,6,7);/p-1/b;2-1-,8-7-;;. The van der Waals surface area contributed by atoms with Gasteiger partial charge in [0.15, 0.2) is 10.1 Å². The molecule has 0 fully saturated rings. The van der Waals surface area contributed by atoms with Gasteiger partial charge in [0.25, 0.3) is 0 Å². The van der Waals surface area contributed by atoms with Crippen molar-refractivity contribution in [1.29, 1.82) is 0 Å². The number of benzene rings is 8. The van der Waals surface area contributed by atoms with Crippen molar-refractivity contribution in [1.82, 2.24) is 0 Å². The van der Waals surface area contributed by atoms with E-state index in [0.717, 1.165) is 0 Å². The van der Waals surface area contributed by atoms with Crippen LogP contribution in [0.3, 0.4) is 0 Å². The topological polar surface area (TPSA) is 57.2 Å². The summed E-state index contributed by atoms with van der Waals surface area (Å²) in [5.41, 5.74) is -3.02. The summed E-state index contributed by atoms with van der Waals surface area (Å²) in [6.45, 7) is 0. The van der Waals surface area contributed by atoms with Crippen LogP contribution in [0.25, 0.3) is 32.7 Å². The van der Waals surface area contributed by atoms with E-state index in [1.165, 1.54) is 90.2 Å². The largest absolute Gasteiger partial charge is 0.741 e. The van der Waals surface area contributed by atoms with Crippen molar-refractivity contribution in [3.63, 3.8) is 0 Å². The average molecular weight is 983 g/mol. The second kappa shape index (κ2) is 22.5. The van der Waals surface area contributed by atoms with Crippen LogP contribution in [-0.2, 0) is 29.6 Å². The van der Waals surface area contributed by atoms with E-state index in [1.54, 1.807) is 0 Å². The molecule has 1 radical (unpaired) electrons. The quantitative estimate of drug-likeness (QED) is 0.0526. The summed E-state index contributed by atoms with van der Waals surface area (Å²) in [4.78, 5) is 0. The number of fused-ring (bicyclic) bond motifs is 2. The molecule has 0 spiro atoms. The smallest absolute Gasteiger partial charge is 0.485 e. The van der Waals surface area contributed by atoms with Gasteiger partial charge in [0.2, 0.25) is 0 Å². The summed E-state index contributed by atoms with van der Waals surface area (Å²) in [7, 11) is -7.62. The second-order valence-electron chi connectivity index (χ2n) is 14.4. The Balaban J connectivity index is 0.000000329. The molecular weight excluding hydrogens is 938 g/mol. The first-order valence-electron chi connectivity index (χ1n) is 20.3. The van der Waals surface area contributed by atoms with Crippen molar-refractivity contribution in [3.05, 3.63) is 218 Å². The van der Waals surface area contributed by atoms with E-state index in [9.17, 15) is 13.2 Å². The second-order valence-corrected chi connectivity index (χ2v) is 20.2. The molecule has 0 aliphatic heterocycles. The van der Waals surface area contributed by atoms with Crippen LogP contribution in [0.2, 0.25) is 0 Å². The Labute approximate surface area is 383 Å². The Morgan fingerprint density at radius 3 is 1.27 bits per heavy atom. The zero-order chi connectivity index (χ0) is 43.4. The average Bonchev–Trinajstić information content (AvgIpc) is 3.27. The molecule has 0 N–H and O–H groups in total. The Morgan fingerprint density at radius 2 is 0.810 bits per heavy atom. The van der Waals surface area contributed by atoms with Gasteiger partial charge in [-0.2, -0.15) is 13.2 Å². The van der Waals surface area contributed by atoms with Crippen LogP contribution in [0.1, 0.15) is 25.7 Å². The fourth-order valence-corrected chi connectivity index (χ4v) is 12.2. The Morgan fingerprint density at radius 1 is 0.429 bits per heavy atom.